The Morgan fingerprint density at radius 3 is 1.61 bits per heavy atom. The number of fused-ring (bicyclic) bond motifs is 8. The molecule has 0 radical (unpaired) electrons. The average Bonchev–Trinajstić information content (AvgIpc) is 3.72. The third-order valence-corrected chi connectivity index (χ3v) is 13.7. The fraction of sp³-hybridized carbons (Fsp3) is 0.0847. The van der Waals surface area contributed by atoms with Crippen molar-refractivity contribution < 1.29 is 0 Å². The minimum absolute atomic E-state index is 0.180. The second-order valence-electron chi connectivity index (χ2n) is 17.4. The van der Waals surface area contributed by atoms with Gasteiger partial charge in [0.1, 0.15) is 0 Å². The number of benzene rings is 9. The SMILES string of the molecule is CC1(C)c2cc3ccccc3cc2-c2cccc(-c3ccc(-c4cc(-c5cccc6c5C(C)(c5ccccc5)c5ccccc5-6)nc(-c5ccccc5)n4)c4ccccc34)c21. The summed E-state index contributed by atoms with van der Waals surface area (Å²) in [5, 5.41) is 4.94. The van der Waals surface area contributed by atoms with Crippen LogP contribution in [0, 0.1) is 0 Å². The van der Waals surface area contributed by atoms with Gasteiger partial charge in [-0.2, -0.15) is 0 Å². The molecular weight excluding hydrogens is 737 g/mol. The lowest BCUT2D eigenvalue weighted by Crippen LogP contribution is -2.23. The normalized spacial score (nSPS) is 15.7. The van der Waals surface area contributed by atoms with Crippen molar-refractivity contribution in [1.82, 2.24) is 9.97 Å². The Balaban J connectivity index is 1.07. The van der Waals surface area contributed by atoms with E-state index in [2.05, 4.69) is 221 Å². The highest BCUT2D eigenvalue weighted by Gasteiger charge is 2.43. The number of hydrogen-bond donors (Lipinski definition) is 0. The van der Waals surface area contributed by atoms with Gasteiger partial charge in [-0.3, -0.25) is 0 Å². The zero-order valence-electron chi connectivity index (χ0n) is 34.4. The van der Waals surface area contributed by atoms with Crippen molar-refractivity contribution in [1.29, 1.82) is 0 Å². The van der Waals surface area contributed by atoms with Crippen LogP contribution in [0.3, 0.4) is 0 Å². The van der Waals surface area contributed by atoms with Gasteiger partial charge in [-0.05, 0) is 108 Å². The van der Waals surface area contributed by atoms with Crippen molar-refractivity contribution in [3.8, 4) is 67.3 Å². The molecule has 0 N–H and O–H groups in total. The first kappa shape index (κ1) is 35.5. The van der Waals surface area contributed by atoms with Crippen molar-refractivity contribution >= 4 is 21.5 Å². The molecule has 0 spiro atoms. The van der Waals surface area contributed by atoms with Gasteiger partial charge < -0.3 is 0 Å². The first-order chi connectivity index (χ1) is 29.9. The molecule has 288 valence electrons. The van der Waals surface area contributed by atoms with Crippen LogP contribution in [-0.4, -0.2) is 9.97 Å². The van der Waals surface area contributed by atoms with E-state index in [9.17, 15) is 0 Å². The van der Waals surface area contributed by atoms with Crippen molar-refractivity contribution in [2.75, 3.05) is 0 Å². The van der Waals surface area contributed by atoms with Crippen LogP contribution >= 0.6 is 0 Å². The summed E-state index contributed by atoms with van der Waals surface area (Å²) < 4.78 is 0. The highest BCUT2D eigenvalue weighted by atomic mass is 14.9. The van der Waals surface area contributed by atoms with E-state index < -0.39 is 0 Å². The lowest BCUT2D eigenvalue weighted by Gasteiger charge is -2.30. The van der Waals surface area contributed by atoms with Crippen molar-refractivity contribution in [2.24, 2.45) is 0 Å². The van der Waals surface area contributed by atoms with Crippen LogP contribution in [-0.2, 0) is 10.8 Å². The third-order valence-electron chi connectivity index (χ3n) is 13.7. The van der Waals surface area contributed by atoms with Crippen LogP contribution in [0.1, 0.15) is 48.6 Å². The Morgan fingerprint density at radius 1 is 0.344 bits per heavy atom. The molecule has 1 heterocycles. The highest BCUT2D eigenvalue weighted by molar-refractivity contribution is 6.07. The van der Waals surface area contributed by atoms with E-state index in [0.29, 0.717) is 5.82 Å². The molecule has 1 atom stereocenters. The van der Waals surface area contributed by atoms with Gasteiger partial charge in [-0.1, -0.05) is 196 Å². The van der Waals surface area contributed by atoms with Crippen LogP contribution < -0.4 is 0 Å². The minimum atomic E-state index is -0.383. The molecule has 9 aromatic carbocycles. The van der Waals surface area contributed by atoms with Gasteiger partial charge in [0.25, 0.3) is 0 Å². The minimum Gasteiger partial charge on any atom is -0.228 e. The first-order valence-corrected chi connectivity index (χ1v) is 21.3. The van der Waals surface area contributed by atoms with Gasteiger partial charge in [-0.25, -0.2) is 9.97 Å². The lowest BCUT2D eigenvalue weighted by molar-refractivity contribution is 0.663. The number of aromatic nitrogens is 2. The highest BCUT2D eigenvalue weighted by Crippen LogP contribution is 2.56. The van der Waals surface area contributed by atoms with E-state index in [-0.39, 0.29) is 10.8 Å². The molecule has 0 saturated carbocycles. The Morgan fingerprint density at radius 2 is 0.869 bits per heavy atom. The van der Waals surface area contributed by atoms with Gasteiger partial charge >= 0.3 is 0 Å². The molecule has 10 aromatic rings. The molecule has 0 bridgehead atoms. The third kappa shape index (κ3) is 5.22. The number of nitrogens with zero attached hydrogens (tertiary/aromatic N) is 2. The predicted molar refractivity (Wildman–Crippen MR) is 254 cm³/mol. The first-order valence-electron chi connectivity index (χ1n) is 21.3. The Bertz CT molecular complexity index is 3400. The fourth-order valence-corrected chi connectivity index (χ4v) is 10.9. The summed E-state index contributed by atoms with van der Waals surface area (Å²) in [5.41, 5.74) is 18.8. The summed E-state index contributed by atoms with van der Waals surface area (Å²) in [6, 6.07) is 73.1. The van der Waals surface area contributed by atoms with Gasteiger partial charge in [0.15, 0.2) is 5.82 Å². The Hall–Kier alpha value is -7.42. The monoisotopic (exact) mass is 778 g/mol. The molecule has 2 nitrogen and oxygen atoms in total. The maximum atomic E-state index is 5.43. The number of hydrogen-bond acceptors (Lipinski definition) is 2. The van der Waals surface area contributed by atoms with Crippen LogP contribution in [0.5, 0.6) is 0 Å². The maximum absolute atomic E-state index is 5.43. The van der Waals surface area contributed by atoms with Crippen molar-refractivity contribution in [3.05, 3.63) is 228 Å². The number of rotatable bonds is 5. The van der Waals surface area contributed by atoms with Crippen LogP contribution in [0.4, 0.5) is 0 Å². The van der Waals surface area contributed by atoms with Crippen LogP contribution in [0.15, 0.2) is 200 Å². The second-order valence-corrected chi connectivity index (χ2v) is 17.4. The quantitative estimate of drug-likeness (QED) is 0.174. The molecule has 2 heteroatoms. The van der Waals surface area contributed by atoms with E-state index in [0.717, 1.165) is 28.1 Å². The largest absolute Gasteiger partial charge is 0.228 e. The summed E-state index contributed by atoms with van der Waals surface area (Å²) in [5.74, 6) is 0.712. The van der Waals surface area contributed by atoms with Crippen LogP contribution in [0.25, 0.3) is 88.8 Å². The van der Waals surface area contributed by atoms with E-state index in [1.165, 1.54) is 82.7 Å². The van der Waals surface area contributed by atoms with Gasteiger partial charge in [0.2, 0.25) is 0 Å². The predicted octanol–water partition coefficient (Wildman–Crippen LogP) is 15.1. The smallest absolute Gasteiger partial charge is 0.160 e. The summed E-state index contributed by atoms with van der Waals surface area (Å²) >= 11 is 0. The summed E-state index contributed by atoms with van der Waals surface area (Å²) in [7, 11) is 0. The molecule has 12 rings (SSSR count). The molecule has 0 saturated heterocycles. The maximum Gasteiger partial charge on any atom is 0.160 e. The molecule has 0 fully saturated rings. The standard InChI is InChI=1S/C59H42N2/c1-58(2)52-35-39-21-11-10-20-38(39)34-50(52)48-29-16-27-46(55(48)58)43-32-33-45(42-25-13-12-24-41(42)43)53-36-54(61-57(60-53)37-18-6-4-7-19-37)49-30-17-28-47-44-26-14-15-31-51(44)59(3,56(47)49)40-22-8-5-9-23-40/h4-36H,1-3H3. The molecule has 1 aromatic heterocycles. The molecule has 0 amide bonds. The van der Waals surface area contributed by atoms with E-state index in [1.54, 1.807) is 0 Å². The van der Waals surface area contributed by atoms with Crippen molar-refractivity contribution in [3.63, 3.8) is 0 Å². The zero-order chi connectivity index (χ0) is 40.9. The Kier molecular flexibility index (Phi) is 7.74. The average molecular weight is 779 g/mol. The van der Waals surface area contributed by atoms with E-state index in [4.69, 9.17) is 9.97 Å². The van der Waals surface area contributed by atoms with E-state index >= 15 is 0 Å². The zero-order valence-corrected chi connectivity index (χ0v) is 34.4. The summed E-state index contributed by atoms with van der Waals surface area (Å²) in [6.45, 7) is 7.16. The Labute approximate surface area is 356 Å². The topological polar surface area (TPSA) is 25.8 Å². The fourth-order valence-electron chi connectivity index (χ4n) is 10.9. The second kappa shape index (κ2) is 13.3. The molecule has 1 unspecified atom stereocenters. The van der Waals surface area contributed by atoms with Gasteiger partial charge in [-0.15, -0.1) is 0 Å². The van der Waals surface area contributed by atoms with Gasteiger partial charge in [0, 0.05) is 27.5 Å². The molecule has 2 aliphatic rings. The van der Waals surface area contributed by atoms with E-state index in [1.807, 2.05) is 0 Å². The van der Waals surface area contributed by atoms with Gasteiger partial charge in [0.05, 0.1) is 11.4 Å². The summed E-state index contributed by atoms with van der Waals surface area (Å²) in [6.07, 6.45) is 0. The van der Waals surface area contributed by atoms with Crippen LogP contribution in [0.2, 0.25) is 0 Å². The lowest BCUT2D eigenvalue weighted by atomic mass is 9.72. The molecule has 2 aliphatic carbocycles. The summed E-state index contributed by atoms with van der Waals surface area (Å²) in [4.78, 5) is 10.8. The molecule has 0 aliphatic heterocycles. The molecule has 61 heavy (non-hydrogen) atoms. The molecular formula is C59H42N2. The van der Waals surface area contributed by atoms with Crippen molar-refractivity contribution in [2.45, 2.75) is 31.6 Å².